The van der Waals surface area contributed by atoms with Crippen molar-refractivity contribution in [1.29, 1.82) is 5.26 Å². The Labute approximate surface area is 84.3 Å². The van der Waals surface area contributed by atoms with Gasteiger partial charge in [0, 0.05) is 6.04 Å². The number of methoxy groups -OCH3 is 1. The van der Waals surface area contributed by atoms with Crippen molar-refractivity contribution in [3.05, 3.63) is 29.8 Å². The van der Waals surface area contributed by atoms with Gasteiger partial charge in [0.25, 0.3) is 0 Å². The van der Waals surface area contributed by atoms with Crippen molar-refractivity contribution in [2.24, 2.45) is 0 Å². The summed E-state index contributed by atoms with van der Waals surface area (Å²) in [6, 6.07) is 10.1. The van der Waals surface area contributed by atoms with Gasteiger partial charge in [0.05, 0.1) is 19.7 Å². The van der Waals surface area contributed by atoms with Crippen molar-refractivity contribution in [3.63, 3.8) is 0 Å². The Morgan fingerprint density at radius 1 is 1.43 bits per heavy atom. The third kappa shape index (κ3) is 2.75. The summed E-state index contributed by atoms with van der Waals surface area (Å²) in [5.41, 5.74) is 1.15. The number of nitrogens with zero attached hydrogens (tertiary/aromatic N) is 1. The van der Waals surface area contributed by atoms with Crippen molar-refractivity contribution >= 4 is 0 Å². The van der Waals surface area contributed by atoms with E-state index in [4.69, 9.17) is 10.00 Å². The largest absolute Gasteiger partial charge is 0.497 e. The summed E-state index contributed by atoms with van der Waals surface area (Å²) < 4.78 is 5.06. The maximum atomic E-state index is 8.41. The highest BCUT2D eigenvalue weighted by Crippen LogP contribution is 2.16. The fourth-order valence-electron chi connectivity index (χ4n) is 1.21. The monoisotopic (exact) mass is 190 g/mol. The summed E-state index contributed by atoms with van der Waals surface area (Å²) in [5.74, 6) is 0.848. The number of rotatable bonds is 4. The van der Waals surface area contributed by atoms with Gasteiger partial charge in [-0.15, -0.1) is 0 Å². The van der Waals surface area contributed by atoms with Crippen LogP contribution in [-0.4, -0.2) is 13.7 Å². The first-order valence-corrected chi connectivity index (χ1v) is 4.52. The highest BCUT2D eigenvalue weighted by atomic mass is 16.5. The van der Waals surface area contributed by atoms with Gasteiger partial charge in [-0.25, -0.2) is 0 Å². The van der Waals surface area contributed by atoms with Gasteiger partial charge in [-0.2, -0.15) is 5.26 Å². The molecule has 0 saturated heterocycles. The standard InChI is InChI=1S/C11H14N2O/c1-9(13-8-7-12)10-3-5-11(14-2)6-4-10/h3-6,9,13H,8H2,1-2H3. The van der Waals surface area contributed by atoms with E-state index in [2.05, 4.69) is 11.4 Å². The molecule has 3 nitrogen and oxygen atoms in total. The molecule has 0 heterocycles. The third-order valence-corrected chi connectivity index (χ3v) is 2.10. The molecule has 14 heavy (non-hydrogen) atoms. The minimum absolute atomic E-state index is 0.195. The molecule has 0 amide bonds. The van der Waals surface area contributed by atoms with Crippen LogP contribution in [0.1, 0.15) is 18.5 Å². The minimum Gasteiger partial charge on any atom is -0.497 e. The average Bonchev–Trinajstić information content (AvgIpc) is 2.26. The van der Waals surface area contributed by atoms with E-state index in [1.807, 2.05) is 31.2 Å². The lowest BCUT2D eigenvalue weighted by Crippen LogP contribution is -2.18. The van der Waals surface area contributed by atoms with Gasteiger partial charge in [-0.05, 0) is 24.6 Å². The molecule has 1 unspecified atom stereocenters. The minimum atomic E-state index is 0.195. The Morgan fingerprint density at radius 3 is 2.57 bits per heavy atom. The number of ether oxygens (including phenoxy) is 1. The van der Waals surface area contributed by atoms with Gasteiger partial charge >= 0.3 is 0 Å². The molecule has 0 aliphatic carbocycles. The molecule has 1 rings (SSSR count). The highest BCUT2D eigenvalue weighted by molar-refractivity contribution is 5.28. The zero-order valence-electron chi connectivity index (χ0n) is 8.45. The molecule has 0 aliphatic heterocycles. The second-order valence-electron chi connectivity index (χ2n) is 3.03. The van der Waals surface area contributed by atoms with Crippen LogP contribution in [0.3, 0.4) is 0 Å². The van der Waals surface area contributed by atoms with Crippen LogP contribution in [0.15, 0.2) is 24.3 Å². The predicted molar refractivity (Wildman–Crippen MR) is 55.0 cm³/mol. The molecule has 0 aliphatic rings. The molecule has 74 valence electrons. The van der Waals surface area contributed by atoms with E-state index in [1.54, 1.807) is 7.11 Å². The number of hydrogen-bond acceptors (Lipinski definition) is 3. The van der Waals surface area contributed by atoms with Crippen molar-refractivity contribution in [1.82, 2.24) is 5.32 Å². The normalized spacial score (nSPS) is 11.8. The van der Waals surface area contributed by atoms with E-state index in [9.17, 15) is 0 Å². The van der Waals surface area contributed by atoms with Gasteiger partial charge in [-0.3, -0.25) is 5.32 Å². The van der Waals surface area contributed by atoms with Crippen LogP contribution >= 0.6 is 0 Å². The molecule has 0 saturated carbocycles. The van der Waals surface area contributed by atoms with Crippen molar-refractivity contribution in [3.8, 4) is 11.8 Å². The van der Waals surface area contributed by atoms with Gasteiger partial charge in [0.15, 0.2) is 0 Å². The van der Waals surface area contributed by atoms with Crippen LogP contribution in [0.4, 0.5) is 0 Å². The molecule has 0 fully saturated rings. The van der Waals surface area contributed by atoms with Crippen LogP contribution in [0.25, 0.3) is 0 Å². The topological polar surface area (TPSA) is 45.0 Å². The van der Waals surface area contributed by atoms with Crippen LogP contribution < -0.4 is 10.1 Å². The van der Waals surface area contributed by atoms with Crippen molar-refractivity contribution in [2.45, 2.75) is 13.0 Å². The molecule has 0 radical (unpaired) electrons. The SMILES string of the molecule is COc1ccc(C(C)NCC#N)cc1. The fourth-order valence-corrected chi connectivity index (χ4v) is 1.21. The molecule has 0 spiro atoms. The average molecular weight is 190 g/mol. The maximum Gasteiger partial charge on any atom is 0.118 e. The van der Waals surface area contributed by atoms with E-state index in [0.717, 1.165) is 11.3 Å². The Bertz CT molecular complexity index is 313. The van der Waals surface area contributed by atoms with E-state index in [-0.39, 0.29) is 6.04 Å². The van der Waals surface area contributed by atoms with Crippen molar-refractivity contribution < 1.29 is 4.74 Å². The predicted octanol–water partition coefficient (Wildman–Crippen LogP) is 1.87. The molecule has 1 atom stereocenters. The second-order valence-corrected chi connectivity index (χ2v) is 3.03. The molecular weight excluding hydrogens is 176 g/mol. The number of nitriles is 1. The van der Waals surface area contributed by atoms with E-state index < -0.39 is 0 Å². The van der Waals surface area contributed by atoms with Gasteiger partial charge < -0.3 is 4.74 Å². The highest BCUT2D eigenvalue weighted by Gasteiger charge is 2.03. The molecule has 1 N–H and O–H groups in total. The number of nitrogens with one attached hydrogen (secondary N) is 1. The summed E-state index contributed by atoms with van der Waals surface area (Å²) in [6.45, 7) is 2.40. The first kappa shape index (κ1) is 10.6. The zero-order valence-corrected chi connectivity index (χ0v) is 8.45. The summed E-state index contributed by atoms with van der Waals surface area (Å²) in [4.78, 5) is 0. The Morgan fingerprint density at radius 2 is 2.07 bits per heavy atom. The van der Waals surface area contributed by atoms with Gasteiger partial charge in [0.2, 0.25) is 0 Å². The van der Waals surface area contributed by atoms with Crippen LogP contribution in [-0.2, 0) is 0 Å². The first-order chi connectivity index (χ1) is 6.77. The van der Waals surface area contributed by atoms with Gasteiger partial charge in [0.1, 0.15) is 5.75 Å². The van der Waals surface area contributed by atoms with E-state index in [0.29, 0.717) is 6.54 Å². The Balaban J connectivity index is 2.62. The smallest absolute Gasteiger partial charge is 0.118 e. The third-order valence-electron chi connectivity index (χ3n) is 2.10. The lowest BCUT2D eigenvalue weighted by Gasteiger charge is -2.11. The Kier molecular flexibility index (Phi) is 3.96. The summed E-state index contributed by atoms with van der Waals surface area (Å²) >= 11 is 0. The van der Waals surface area contributed by atoms with Crippen LogP contribution in [0, 0.1) is 11.3 Å². The second kappa shape index (κ2) is 5.25. The quantitative estimate of drug-likeness (QED) is 0.737. The van der Waals surface area contributed by atoms with Crippen LogP contribution in [0.5, 0.6) is 5.75 Å². The zero-order chi connectivity index (χ0) is 10.4. The molecule has 0 bridgehead atoms. The maximum absolute atomic E-state index is 8.41. The lowest BCUT2D eigenvalue weighted by molar-refractivity contribution is 0.414. The van der Waals surface area contributed by atoms with Crippen molar-refractivity contribution in [2.75, 3.05) is 13.7 Å². The van der Waals surface area contributed by atoms with Gasteiger partial charge in [-0.1, -0.05) is 12.1 Å². The fraction of sp³-hybridized carbons (Fsp3) is 0.364. The molecule has 3 heteroatoms. The Hall–Kier alpha value is -1.53. The van der Waals surface area contributed by atoms with Crippen LogP contribution in [0.2, 0.25) is 0 Å². The van der Waals surface area contributed by atoms with E-state index in [1.165, 1.54) is 0 Å². The summed E-state index contributed by atoms with van der Waals surface area (Å²) in [5, 5.41) is 11.5. The summed E-state index contributed by atoms with van der Waals surface area (Å²) in [7, 11) is 1.65. The summed E-state index contributed by atoms with van der Waals surface area (Å²) in [6.07, 6.45) is 0. The molecule has 0 aromatic heterocycles. The first-order valence-electron chi connectivity index (χ1n) is 4.52. The van der Waals surface area contributed by atoms with E-state index >= 15 is 0 Å². The number of benzene rings is 1. The lowest BCUT2D eigenvalue weighted by atomic mass is 10.1. The molecule has 1 aromatic rings. The molecular formula is C11H14N2O. The molecule has 1 aromatic carbocycles. The number of hydrogen-bond donors (Lipinski definition) is 1.